The Kier molecular flexibility index (Phi) is 3.90. The van der Waals surface area contributed by atoms with E-state index < -0.39 is 10.0 Å². The van der Waals surface area contributed by atoms with Gasteiger partial charge in [-0.1, -0.05) is 58.4 Å². The van der Waals surface area contributed by atoms with Crippen molar-refractivity contribution in [3.05, 3.63) is 65.2 Å². The fourth-order valence-electron chi connectivity index (χ4n) is 2.77. The zero-order chi connectivity index (χ0) is 15.0. The summed E-state index contributed by atoms with van der Waals surface area (Å²) < 4.78 is 28.1. The van der Waals surface area contributed by atoms with E-state index in [0.29, 0.717) is 4.90 Å². The van der Waals surface area contributed by atoms with Crippen LogP contribution in [0.5, 0.6) is 0 Å². The minimum absolute atomic E-state index is 0.0775. The fraction of sp³-hybridized carbons (Fsp3) is 0.250. The van der Waals surface area contributed by atoms with Gasteiger partial charge in [-0.25, -0.2) is 13.1 Å². The maximum absolute atomic E-state index is 12.6. The first-order valence-corrected chi connectivity index (χ1v) is 9.19. The summed E-state index contributed by atoms with van der Waals surface area (Å²) in [5.41, 5.74) is 3.00. The lowest BCUT2D eigenvalue weighted by Crippen LogP contribution is -2.32. The monoisotopic (exact) mass is 365 g/mol. The van der Waals surface area contributed by atoms with Crippen LogP contribution in [0, 0.1) is 6.92 Å². The Hall–Kier alpha value is -1.17. The van der Waals surface area contributed by atoms with Gasteiger partial charge in [-0.15, -0.1) is 0 Å². The van der Waals surface area contributed by atoms with Gasteiger partial charge >= 0.3 is 0 Å². The van der Waals surface area contributed by atoms with Crippen molar-refractivity contribution < 1.29 is 8.42 Å². The molecule has 0 radical (unpaired) electrons. The number of benzene rings is 2. The maximum Gasteiger partial charge on any atom is 0.241 e. The highest BCUT2D eigenvalue weighted by molar-refractivity contribution is 9.09. The van der Waals surface area contributed by atoms with Gasteiger partial charge < -0.3 is 0 Å². The fourth-order valence-corrected chi connectivity index (χ4v) is 5.21. The predicted molar refractivity (Wildman–Crippen MR) is 87.1 cm³/mol. The van der Waals surface area contributed by atoms with E-state index in [1.165, 1.54) is 5.56 Å². The van der Waals surface area contributed by atoms with Crippen molar-refractivity contribution in [2.45, 2.75) is 29.1 Å². The summed E-state index contributed by atoms with van der Waals surface area (Å²) >= 11 is 3.60. The summed E-state index contributed by atoms with van der Waals surface area (Å²) in [4.78, 5) is 0.419. The van der Waals surface area contributed by atoms with Crippen molar-refractivity contribution in [2.24, 2.45) is 0 Å². The van der Waals surface area contributed by atoms with Crippen molar-refractivity contribution in [3.8, 4) is 0 Å². The van der Waals surface area contributed by atoms with Gasteiger partial charge in [-0.05, 0) is 36.1 Å². The van der Waals surface area contributed by atoms with Crippen LogP contribution in [0.3, 0.4) is 0 Å². The Morgan fingerprint density at radius 1 is 1.10 bits per heavy atom. The first-order chi connectivity index (χ1) is 9.99. The lowest BCUT2D eigenvalue weighted by atomic mass is 10.1. The van der Waals surface area contributed by atoms with Crippen LogP contribution in [0.15, 0.2) is 53.4 Å². The van der Waals surface area contributed by atoms with E-state index in [1.807, 2.05) is 43.3 Å². The molecule has 5 heteroatoms. The molecule has 0 saturated heterocycles. The average Bonchev–Trinajstić information content (AvgIpc) is 2.75. The van der Waals surface area contributed by atoms with Crippen LogP contribution in [-0.2, 0) is 16.4 Å². The molecule has 0 aliphatic heterocycles. The van der Waals surface area contributed by atoms with E-state index in [2.05, 4.69) is 20.7 Å². The quantitative estimate of drug-likeness (QED) is 0.847. The van der Waals surface area contributed by atoms with Crippen LogP contribution in [-0.4, -0.2) is 13.2 Å². The van der Waals surface area contributed by atoms with E-state index in [0.717, 1.165) is 17.5 Å². The Bertz CT molecular complexity index is 773. The third kappa shape index (κ3) is 2.78. The molecule has 0 heterocycles. The highest BCUT2D eigenvalue weighted by atomic mass is 79.9. The summed E-state index contributed by atoms with van der Waals surface area (Å²) in [6, 6.07) is 14.8. The van der Waals surface area contributed by atoms with Gasteiger partial charge in [0.25, 0.3) is 0 Å². The normalized spacial score (nSPS) is 21.2. The van der Waals surface area contributed by atoms with Crippen molar-refractivity contribution in [1.82, 2.24) is 4.72 Å². The number of sulfonamides is 1. The van der Waals surface area contributed by atoms with Gasteiger partial charge in [0.2, 0.25) is 10.0 Å². The summed E-state index contributed by atoms with van der Waals surface area (Å²) in [6.45, 7) is 1.81. The minimum Gasteiger partial charge on any atom is -0.207 e. The lowest BCUT2D eigenvalue weighted by molar-refractivity contribution is 0.559. The van der Waals surface area contributed by atoms with E-state index >= 15 is 0 Å². The molecule has 110 valence electrons. The minimum atomic E-state index is -3.53. The number of rotatable bonds is 3. The molecule has 2 aromatic rings. The second-order valence-corrected chi connectivity index (χ2v) is 8.14. The summed E-state index contributed by atoms with van der Waals surface area (Å²) in [5.74, 6) is 0. The van der Waals surface area contributed by atoms with Crippen LogP contribution in [0.2, 0.25) is 0 Å². The molecule has 1 aliphatic carbocycles. The van der Waals surface area contributed by atoms with Crippen molar-refractivity contribution in [2.75, 3.05) is 0 Å². The number of fused-ring (bicyclic) bond motifs is 1. The average molecular weight is 366 g/mol. The molecule has 2 aromatic carbocycles. The standard InChI is InChI=1S/C16H16BrNO2S/c1-11-6-2-5-9-15(11)21(19,20)18-16-13-8-4-3-7-12(13)10-14(16)17/h2-9,14,16,18H,10H2,1H3. The second kappa shape index (κ2) is 5.55. The first kappa shape index (κ1) is 14.8. The van der Waals surface area contributed by atoms with Crippen LogP contribution >= 0.6 is 15.9 Å². The molecule has 3 nitrogen and oxygen atoms in total. The smallest absolute Gasteiger partial charge is 0.207 e. The van der Waals surface area contributed by atoms with Crippen molar-refractivity contribution in [1.29, 1.82) is 0 Å². The Balaban J connectivity index is 1.95. The first-order valence-electron chi connectivity index (χ1n) is 6.79. The molecule has 21 heavy (non-hydrogen) atoms. The molecule has 3 rings (SSSR count). The molecule has 0 bridgehead atoms. The summed E-state index contributed by atoms with van der Waals surface area (Å²) in [6.07, 6.45) is 0.830. The van der Waals surface area contributed by atoms with Crippen LogP contribution in [0.25, 0.3) is 0 Å². The van der Waals surface area contributed by atoms with E-state index in [1.54, 1.807) is 12.1 Å². The number of alkyl halides is 1. The predicted octanol–water partition coefficient (Wildman–Crippen LogP) is 3.33. The second-order valence-electron chi connectivity index (χ2n) is 5.28. The zero-order valence-corrected chi connectivity index (χ0v) is 14.0. The van der Waals surface area contributed by atoms with Gasteiger partial charge in [0.15, 0.2) is 0 Å². The molecular formula is C16H16BrNO2S. The van der Waals surface area contributed by atoms with Crippen LogP contribution < -0.4 is 4.72 Å². The molecule has 0 spiro atoms. The molecule has 0 saturated carbocycles. The lowest BCUT2D eigenvalue weighted by Gasteiger charge is -2.18. The highest BCUT2D eigenvalue weighted by Crippen LogP contribution is 2.36. The zero-order valence-electron chi connectivity index (χ0n) is 11.6. The van der Waals surface area contributed by atoms with E-state index in [-0.39, 0.29) is 10.9 Å². The number of halogens is 1. The van der Waals surface area contributed by atoms with Crippen LogP contribution in [0.1, 0.15) is 22.7 Å². The van der Waals surface area contributed by atoms with Gasteiger partial charge in [0.05, 0.1) is 10.9 Å². The highest BCUT2D eigenvalue weighted by Gasteiger charge is 2.34. The topological polar surface area (TPSA) is 46.2 Å². The Morgan fingerprint density at radius 2 is 1.76 bits per heavy atom. The molecule has 0 aromatic heterocycles. The molecular weight excluding hydrogens is 350 g/mol. The Morgan fingerprint density at radius 3 is 2.52 bits per heavy atom. The molecule has 0 fully saturated rings. The Labute approximate surface area is 133 Å². The van der Waals surface area contributed by atoms with Gasteiger partial charge in [0.1, 0.15) is 0 Å². The number of aryl methyl sites for hydroxylation is 1. The van der Waals surface area contributed by atoms with Gasteiger partial charge in [0, 0.05) is 4.83 Å². The molecule has 2 unspecified atom stereocenters. The van der Waals surface area contributed by atoms with Crippen molar-refractivity contribution >= 4 is 26.0 Å². The van der Waals surface area contributed by atoms with Gasteiger partial charge in [-0.3, -0.25) is 0 Å². The molecule has 1 aliphatic rings. The summed E-state index contributed by atoms with van der Waals surface area (Å²) in [5, 5.41) is 0. The third-order valence-corrected chi connectivity index (χ3v) is 6.29. The van der Waals surface area contributed by atoms with E-state index in [4.69, 9.17) is 0 Å². The third-order valence-electron chi connectivity index (χ3n) is 3.83. The number of hydrogen-bond donors (Lipinski definition) is 1. The molecule has 2 atom stereocenters. The van der Waals surface area contributed by atoms with Gasteiger partial charge in [-0.2, -0.15) is 0 Å². The summed E-state index contributed by atoms with van der Waals surface area (Å²) in [7, 11) is -3.53. The SMILES string of the molecule is Cc1ccccc1S(=O)(=O)NC1c2ccccc2CC1Br. The molecule has 0 amide bonds. The van der Waals surface area contributed by atoms with Crippen molar-refractivity contribution in [3.63, 3.8) is 0 Å². The largest absolute Gasteiger partial charge is 0.241 e. The van der Waals surface area contributed by atoms with E-state index in [9.17, 15) is 8.42 Å². The number of nitrogens with one attached hydrogen (secondary N) is 1. The number of hydrogen-bond acceptors (Lipinski definition) is 2. The maximum atomic E-state index is 12.6. The van der Waals surface area contributed by atoms with Crippen LogP contribution in [0.4, 0.5) is 0 Å². The molecule has 1 N–H and O–H groups in total.